The molecular weight excluding hydrogens is 294 g/mol. The van der Waals surface area contributed by atoms with E-state index in [1.807, 2.05) is 18.2 Å². The van der Waals surface area contributed by atoms with Crippen molar-refractivity contribution < 1.29 is 5.11 Å². The van der Waals surface area contributed by atoms with E-state index < -0.39 is 5.60 Å². The van der Waals surface area contributed by atoms with Crippen molar-refractivity contribution in [3.05, 3.63) is 35.9 Å². The third-order valence-electron chi connectivity index (χ3n) is 5.79. The van der Waals surface area contributed by atoms with Gasteiger partial charge >= 0.3 is 0 Å². The van der Waals surface area contributed by atoms with E-state index in [-0.39, 0.29) is 0 Å². The number of aliphatic hydroxyl groups is 1. The maximum Gasteiger partial charge on any atom is 0.103 e. The van der Waals surface area contributed by atoms with Crippen molar-refractivity contribution in [1.29, 1.82) is 0 Å². The number of hydrogen-bond donors (Lipinski definition) is 1. The van der Waals surface area contributed by atoms with E-state index >= 15 is 0 Å². The van der Waals surface area contributed by atoms with Crippen molar-refractivity contribution in [1.82, 2.24) is 4.90 Å². The summed E-state index contributed by atoms with van der Waals surface area (Å²) < 4.78 is 0. The van der Waals surface area contributed by atoms with Crippen molar-refractivity contribution in [2.24, 2.45) is 5.92 Å². The topological polar surface area (TPSA) is 23.5 Å². The predicted molar refractivity (Wildman–Crippen MR) is 99.6 cm³/mol. The standard InChI is InChI=1S/C22H31NO/c24-22(21-14-6-7-15-21,20-12-4-3-5-13-20)16-8-11-19-23-17-9-1-2-10-18-23/h3-5,12-13,21,24H,1-2,6-7,9-10,14-19H2/t22-/m1/s1. The van der Waals surface area contributed by atoms with Crippen LogP contribution in [0.4, 0.5) is 0 Å². The fraction of sp³-hybridized carbons (Fsp3) is 0.636. The van der Waals surface area contributed by atoms with E-state index in [0.29, 0.717) is 12.3 Å². The lowest BCUT2D eigenvalue weighted by Gasteiger charge is -2.33. The number of rotatable bonds is 4. The average molecular weight is 325 g/mol. The van der Waals surface area contributed by atoms with Crippen LogP contribution >= 0.6 is 0 Å². The molecule has 0 amide bonds. The van der Waals surface area contributed by atoms with Crippen LogP contribution in [-0.2, 0) is 5.60 Å². The second-order valence-corrected chi connectivity index (χ2v) is 7.49. The van der Waals surface area contributed by atoms with Crippen LogP contribution in [0.3, 0.4) is 0 Å². The molecule has 0 bridgehead atoms. The summed E-state index contributed by atoms with van der Waals surface area (Å²) in [6, 6.07) is 10.2. The molecular formula is C22H31NO. The third kappa shape index (κ3) is 4.41. The van der Waals surface area contributed by atoms with E-state index in [1.54, 1.807) is 0 Å². The molecule has 1 aromatic rings. The zero-order valence-electron chi connectivity index (χ0n) is 14.8. The Hall–Kier alpha value is -1.30. The number of hydrogen-bond acceptors (Lipinski definition) is 2. The molecule has 0 radical (unpaired) electrons. The van der Waals surface area contributed by atoms with E-state index in [0.717, 1.165) is 24.9 Å². The van der Waals surface area contributed by atoms with Gasteiger partial charge in [-0.15, -0.1) is 0 Å². The molecule has 2 nitrogen and oxygen atoms in total. The average Bonchev–Trinajstić information content (AvgIpc) is 3.05. The van der Waals surface area contributed by atoms with Crippen LogP contribution in [-0.4, -0.2) is 29.6 Å². The van der Waals surface area contributed by atoms with Crippen LogP contribution < -0.4 is 0 Å². The third-order valence-corrected chi connectivity index (χ3v) is 5.79. The molecule has 24 heavy (non-hydrogen) atoms. The summed E-state index contributed by atoms with van der Waals surface area (Å²) in [5.74, 6) is 7.03. The summed E-state index contributed by atoms with van der Waals surface area (Å²) in [5, 5.41) is 11.4. The van der Waals surface area contributed by atoms with Gasteiger partial charge in [0.25, 0.3) is 0 Å². The van der Waals surface area contributed by atoms with Crippen molar-refractivity contribution in [3.8, 4) is 11.8 Å². The fourth-order valence-electron chi connectivity index (χ4n) is 4.27. The highest BCUT2D eigenvalue weighted by molar-refractivity contribution is 5.26. The summed E-state index contributed by atoms with van der Waals surface area (Å²) in [5.41, 5.74) is 0.268. The molecule has 0 spiro atoms. The molecule has 2 fully saturated rings. The van der Waals surface area contributed by atoms with Crippen molar-refractivity contribution >= 4 is 0 Å². The highest BCUT2D eigenvalue weighted by atomic mass is 16.3. The molecule has 2 heteroatoms. The van der Waals surface area contributed by atoms with Crippen molar-refractivity contribution in [2.45, 2.75) is 63.4 Å². The van der Waals surface area contributed by atoms with Gasteiger partial charge in [-0.3, -0.25) is 4.90 Å². The molecule has 1 aromatic carbocycles. The quantitative estimate of drug-likeness (QED) is 0.833. The first kappa shape index (κ1) is 17.5. The van der Waals surface area contributed by atoms with Crippen LogP contribution in [0.15, 0.2) is 30.3 Å². The van der Waals surface area contributed by atoms with E-state index in [1.165, 1.54) is 51.6 Å². The SMILES string of the molecule is O[C@](CC#CCN1CCCCCC1)(c1ccccc1)C1CCCC1. The van der Waals surface area contributed by atoms with Crippen LogP contribution in [0.25, 0.3) is 0 Å². The van der Waals surface area contributed by atoms with Gasteiger partial charge in [0.2, 0.25) is 0 Å². The molecule has 1 saturated carbocycles. The fourth-order valence-corrected chi connectivity index (χ4v) is 4.27. The van der Waals surface area contributed by atoms with Gasteiger partial charge in [-0.2, -0.15) is 0 Å². The van der Waals surface area contributed by atoms with Crippen LogP contribution in [0.1, 0.15) is 63.4 Å². The first-order valence-corrected chi connectivity index (χ1v) is 9.75. The zero-order chi connectivity index (χ0) is 16.7. The largest absolute Gasteiger partial charge is 0.384 e. The molecule has 1 atom stereocenters. The number of likely N-dealkylation sites (tertiary alicyclic amines) is 1. The van der Waals surface area contributed by atoms with Gasteiger partial charge in [0.05, 0.1) is 6.54 Å². The van der Waals surface area contributed by atoms with Gasteiger partial charge in [0.15, 0.2) is 0 Å². The van der Waals surface area contributed by atoms with Crippen LogP contribution in [0.5, 0.6) is 0 Å². The smallest absolute Gasteiger partial charge is 0.103 e. The molecule has 0 unspecified atom stereocenters. The normalized spacial score (nSPS) is 22.4. The van der Waals surface area contributed by atoms with Gasteiger partial charge in [-0.05, 0) is 50.3 Å². The minimum Gasteiger partial charge on any atom is -0.384 e. The highest BCUT2D eigenvalue weighted by Crippen LogP contribution is 2.42. The van der Waals surface area contributed by atoms with E-state index in [4.69, 9.17) is 0 Å². The maximum absolute atomic E-state index is 11.4. The molecule has 3 rings (SSSR count). The Balaban J connectivity index is 1.65. The zero-order valence-corrected chi connectivity index (χ0v) is 14.8. The molecule has 1 aliphatic heterocycles. The van der Waals surface area contributed by atoms with Gasteiger partial charge in [-0.25, -0.2) is 0 Å². The Morgan fingerprint density at radius 1 is 0.917 bits per heavy atom. The minimum atomic E-state index is -0.774. The lowest BCUT2D eigenvalue weighted by atomic mass is 9.78. The number of benzene rings is 1. The van der Waals surface area contributed by atoms with Crippen LogP contribution in [0, 0.1) is 17.8 Å². The summed E-state index contributed by atoms with van der Waals surface area (Å²) in [4.78, 5) is 2.47. The van der Waals surface area contributed by atoms with Gasteiger partial charge in [0, 0.05) is 6.42 Å². The van der Waals surface area contributed by atoms with Gasteiger partial charge in [0.1, 0.15) is 5.60 Å². The Labute approximate surface area is 147 Å². The molecule has 130 valence electrons. The number of nitrogens with zero attached hydrogens (tertiary/aromatic N) is 1. The van der Waals surface area contributed by atoms with Crippen LogP contribution in [0.2, 0.25) is 0 Å². The molecule has 2 aliphatic rings. The Kier molecular flexibility index (Phi) is 6.35. The highest BCUT2D eigenvalue weighted by Gasteiger charge is 2.39. The molecule has 1 heterocycles. The second-order valence-electron chi connectivity index (χ2n) is 7.49. The first-order chi connectivity index (χ1) is 11.8. The molecule has 1 N–H and O–H groups in total. The van der Waals surface area contributed by atoms with Crippen molar-refractivity contribution in [3.63, 3.8) is 0 Å². The molecule has 0 aromatic heterocycles. The van der Waals surface area contributed by atoms with Crippen molar-refractivity contribution in [2.75, 3.05) is 19.6 Å². The molecule has 1 aliphatic carbocycles. The Morgan fingerprint density at radius 2 is 1.58 bits per heavy atom. The summed E-state index contributed by atoms with van der Waals surface area (Å²) >= 11 is 0. The lowest BCUT2D eigenvalue weighted by molar-refractivity contribution is -0.0173. The summed E-state index contributed by atoms with van der Waals surface area (Å²) in [6.45, 7) is 3.22. The summed E-state index contributed by atoms with van der Waals surface area (Å²) in [7, 11) is 0. The minimum absolute atomic E-state index is 0.354. The monoisotopic (exact) mass is 325 g/mol. The first-order valence-electron chi connectivity index (χ1n) is 9.75. The maximum atomic E-state index is 11.4. The van der Waals surface area contributed by atoms with E-state index in [9.17, 15) is 5.11 Å². The van der Waals surface area contributed by atoms with E-state index in [2.05, 4.69) is 28.9 Å². The summed E-state index contributed by atoms with van der Waals surface area (Å²) in [6.07, 6.45) is 10.6. The lowest BCUT2D eigenvalue weighted by Crippen LogP contribution is -2.33. The second kappa shape index (κ2) is 8.70. The molecule has 1 saturated heterocycles. The van der Waals surface area contributed by atoms with Gasteiger partial charge in [-0.1, -0.05) is 67.9 Å². The predicted octanol–water partition coefficient (Wildman–Crippen LogP) is 4.33. The Morgan fingerprint density at radius 3 is 2.25 bits per heavy atom. The Bertz CT molecular complexity index is 544. The van der Waals surface area contributed by atoms with Gasteiger partial charge < -0.3 is 5.11 Å².